The van der Waals surface area contributed by atoms with Crippen molar-refractivity contribution in [1.82, 2.24) is 24.6 Å². The van der Waals surface area contributed by atoms with Gasteiger partial charge in [-0.3, -0.25) is 19.3 Å². The minimum Gasteiger partial charge on any atom is -0.480 e. The Balaban J connectivity index is 1.51. The second-order valence-corrected chi connectivity index (χ2v) is 10.1. The lowest BCUT2D eigenvalue weighted by Crippen LogP contribution is -2.56. The standard InChI is InChI=1S/C26H29F2N7O2S/c1-3-19-25(32(2)26-30-24(22(13-29)38-26)16-4-6-17(27)7-5-16)21-12-20(18(28)14-35(21)31-19)34-10-8-33(9-11-34)15-23(36)37/h4-7,18,20H,3,8-12,14-15H2,1-2H3,(H,36,37)/i2D3,15D2. The number of carboxylic acid groups (broad SMARTS) is 1. The molecule has 0 saturated carbocycles. The van der Waals surface area contributed by atoms with E-state index in [9.17, 15) is 19.6 Å². The van der Waals surface area contributed by atoms with Gasteiger partial charge in [-0.15, -0.1) is 0 Å². The molecule has 3 aromatic rings. The molecule has 1 N–H and O–H groups in total. The third-order valence-corrected chi connectivity index (χ3v) is 7.83. The molecule has 2 aliphatic rings. The molecule has 2 atom stereocenters. The maximum absolute atomic E-state index is 15.6. The normalized spacial score (nSPS) is 22.8. The van der Waals surface area contributed by atoms with Gasteiger partial charge in [-0.2, -0.15) is 10.4 Å². The first-order chi connectivity index (χ1) is 20.3. The summed E-state index contributed by atoms with van der Waals surface area (Å²) in [5.41, 5.74) is 1.86. The molecule has 0 amide bonds. The second kappa shape index (κ2) is 10.8. The predicted molar refractivity (Wildman–Crippen MR) is 140 cm³/mol. The van der Waals surface area contributed by atoms with Crippen molar-refractivity contribution in [3.05, 3.63) is 46.3 Å². The van der Waals surface area contributed by atoms with Crippen LogP contribution < -0.4 is 4.90 Å². The van der Waals surface area contributed by atoms with Crippen LogP contribution in [0.15, 0.2) is 24.3 Å². The molecular formula is C26H29F2N7O2S. The van der Waals surface area contributed by atoms with Gasteiger partial charge in [0.2, 0.25) is 0 Å². The topological polar surface area (TPSA) is 102 Å². The van der Waals surface area contributed by atoms with E-state index in [0.717, 1.165) is 16.2 Å². The van der Waals surface area contributed by atoms with Crippen molar-refractivity contribution in [1.29, 1.82) is 5.26 Å². The summed E-state index contributed by atoms with van der Waals surface area (Å²) in [6.45, 7) is -3.00. The van der Waals surface area contributed by atoms with Gasteiger partial charge in [0.1, 0.15) is 28.6 Å². The van der Waals surface area contributed by atoms with Gasteiger partial charge in [0.15, 0.2) is 5.13 Å². The van der Waals surface area contributed by atoms with Gasteiger partial charge in [0.25, 0.3) is 0 Å². The van der Waals surface area contributed by atoms with Gasteiger partial charge >= 0.3 is 5.97 Å². The Morgan fingerprint density at radius 3 is 2.71 bits per heavy atom. The highest BCUT2D eigenvalue weighted by atomic mass is 32.1. The summed E-state index contributed by atoms with van der Waals surface area (Å²) < 4.78 is 71.7. The number of halogens is 2. The Kier molecular flexibility index (Phi) is 5.82. The van der Waals surface area contributed by atoms with Crippen molar-refractivity contribution >= 4 is 28.1 Å². The van der Waals surface area contributed by atoms with Gasteiger partial charge < -0.3 is 10.0 Å². The van der Waals surface area contributed by atoms with E-state index in [0.29, 0.717) is 23.4 Å². The molecule has 0 bridgehead atoms. The number of hydrogen-bond acceptors (Lipinski definition) is 8. The number of nitriles is 1. The van der Waals surface area contributed by atoms with Crippen molar-refractivity contribution in [3.8, 4) is 17.3 Å². The first kappa shape index (κ1) is 20.5. The minimum absolute atomic E-state index is 0.0183. The van der Waals surface area contributed by atoms with E-state index >= 15 is 4.39 Å². The maximum atomic E-state index is 15.6. The molecule has 9 nitrogen and oxygen atoms in total. The third kappa shape index (κ3) is 5.01. The number of piperazine rings is 1. The number of aryl methyl sites for hydroxylation is 1. The number of aliphatic carboxylic acids is 1. The van der Waals surface area contributed by atoms with Crippen LogP contribution in [0.25, 0.3) is 11.3 Å². The fourth-order valence-corrected chi connectivity index (χ4v) is 5.85. The number of fused-ring (bicyclic) bond motifs is 1. The van der Waals surface area contributed by atoms with Crippen LogP contribution in [0.3, 0.4) is 0 Å². The van der Waals surface area contributed by atoms with E-state index in [1.165, 1.54) is 33.8 Å². The smallest absolute Gasteiger partial charge is 0.317 e. The lowest BCUT2D eigenvalue weighted by atomic mass is 9.98. The minimum atomic E-state index is -2.75. The van der Waals surface area contributed by atoms with E-state index in [4.69, 9.17) is 6.85 Å². The molecule has 1 fully saturated rings. The highest BCUT2D eigenvalue weighted by Gasteiger charge is 2.38. The number of rotatable bonds is 7. The molecule has 200 valence electrons. The molecule has 0 radical (unpaired) electrons. The Hall–Kier alpha value is -3.40. The largest absolute Gasteiger partial charge is 0.480 e. The van der Waals surface area contributed by atoms with E-state index in [-0.39, 0.29) is 60.5 Å². The Bertz CT molecular complexity index is 1550. The number of thiazole rings is 1. The number of aromatic nitrogens is 3. The lowest BCUT2D eigenvalue weighted by molar-refractivity contribution is -0.138. The van der Waals surface area contributed by atoms with Crippen LogP contribution in [-0.4, -0.2) is 87.5 Å². The highest BCUT2D eigenvalue weighted by Crippen LogP contribution is 2.40. The van der Waals surface area contributed by atoms with E-state index < -0.39 is 37.5 Å². The molecule has 0 spiro atoms. The maximum Gasteiger partial charge on any atom is 0.317 e. The fraction of sp³-hybridized carbons (Fsp3) is 0.462. The average Bonchev–Trinajstić information content (AvgIpc) is 3.53. The average molecular weight is 547 g/mol. The molecule has 5 rings (SSSR count). The molecule has 4 heterocycles. The van der Waals surface area contributed by atoms with Gasteiger partial charge in [0, 0.05) is 55.3 Å². The summed E-state index contributed by atoms with van der Waals surface area (Å²) in [5.74, 6) is -2.06. The zero-order valence-electron chi connectivity index (χ0n) is 25.6. The van der Waals surface area contributed by atoms with Crippen LogP contribution in [0, 0.1) is 17.1 Å². The number of carboxylic acids is 1. The number of benzene rings is 1. The second-order valence-electron chi connectivity index (χ2n) is 9.13. The molecule has 2 unspecified atom stereocenters. The van der Waals surface area contributed by atoms with Gasteiger partial charge in [-0.25, -0.2) is 13.8 Å². The fourth-order valence-electron chi connectivity index (χ4n) is 5.04. The van der Waals surface area contributed by atoms with E-state index in [1.807, 2.05) is 11.8 Å². The molecule has 0 aliphatic carbocycles. The number of nitrogens with zero attached hydrogens (tertiary/aromatic N) is 7. The number of hydrogen-bond donors (Lipinski definition) is 1. The molecule has 1 aromatic carbocycles. The number of carbonyl (C=O) groups is 1. The van der Waals surface area contributed by atoms with Crippen molar-refractivity contribution in [3.63, 3.8) is 0 Å². The predicted octanol–water partition coefficient (Wildman–Crippen LogP) is 3.31. The van der Waals surface area contributed by atoms with Crippen molar-refractivity contribution in [2.45, 2.75) is 38.5 Å². The van der Waals surface area contributed by atoms with Crippen molar-refractivity contribution < 1.29 is 25.5 Å². The Morgan fingerprint density at radius 1 is 1.34 bits per heavy atom. The summed E-state index contributed by atoms with van der Waals surface area (Å²) in [6, 6.07) is 6.75. The zero-order chi connectivity index (χ0) is 31.3. The first-order valence-corrected chi connectivity index (χ1v) is 13.0. The van der Waals surface area contributed by atoms with Crippen molar-refractivity contribution in [2.24, 2.45) is 0 Å². The van der Waals surface area contributed by atoms with Gasteiger partial charge in [-0.1, -0.05) is 18.3 Å². The molecule has 1 saturated heterocycles. The molecule has 2 aromatic heterocycles. The van der Waals surface area contributed by atoms with Crippen LogP contribution in [-0.2, 0) is 24.2 Å². The molecule has 38 heavy (non-hydrogen) atoms. The summed E-state index contributed by atoms with van der Waals surface area (Å²) in [7, 11) is 0. The monoisotopic (exact) mass is 546 g/mol. The summed E-state index contributed by atoms with van der Waals surface area (Å²) in [5, 5.41) is 23.6. The van der Waals surface area contributed by atoms with Crippen LogP contribution in [0.5, 0.6) is 0 Å². The van der Waals surface area contributed by atoms with Crippen LogP contribution >= 0.6 is 11.3 Å². The SMILES string of the molecule is [2H]C([2H])([2H])N(c1nc(-c2ccc(F)cc2)c(C#N)s1)c1c(CC)nn2c1CC(N1CCN(C([2H])([2H])C(=O)O)CC1)C(F)C2. The lowest BCUT2D eigenvalue weighted by Gasteiger charge is -2.41. The van der Waals surface area contributed by atoms with Gasteiger partial charge in [-0.05, 0) is 30.7 Å². The Labute approximate surface area is 230 Å². The first-order valence-electron chi connectivity index (χ1n) is 14.7. The summed E-state index contributed by atoms with van der Waals surface area (Å²) in [6.07, 6.45) is -0.916. The molecular weight excluding hydrogens is 512 g/mol. The quantitative estimate of drug-likeness (QED) is 0.482. The highest BCUT2D eigenvalue weighted by molar-refractivity contribution is 7.16. The summed E-state index contributed by atoms with van der Waals surface area (Å²) in [4.78, 5) is 20.2. The number of alkyl halides is 1. The van der Waals surface area contributed by atoms with Crippen molar-refractivity contribution in [2.75, 3.05) is 44.6 Å². The molecule has 12 heteroatoms. The number of anilines is 2. The van der Waals surface area contributed by atoms with Crippen LogP contribution in [0.2, 0.25) is 0 Å². The zero-order valence-corrected chi connectivity index (χ0v) is 21.4. The third-order valence-electron chi connectivity index (χ3n) is 6.89. The summed E-state index contributed by atoms with van der Waals surface area (Å²) >= 11 is 0.885. The van der Waals surface area contributed by atoms with Crippen LogP contribution in [0.1, 0.15) is 30.0 Å². The van der Waals surface area contributed by atoms with Crippen LogP contribution in [0.4, 0.5) is 19.6 Å². The van der Waals surface area contributed by atoms with E-state index in [1.54, 1.807) is 0 Å². The molecule has 2 aliphatic heterocycles. The van der Waals surface area contributed by atoms with Gasteiger partial charge in [0.05, 0.1) is 32.9 Å². The Morgan fingerprint density at radius 2 is 2.08 bits per heavy atom. The van der Waals surface area contributed by atoms with E-state index in [2.05, 4.69) is 16.2 Å².